The highest BCUT2D eigenvalue weighted by molar-refractivity contribution is 7.99. The first kappa shape index (κ1) is 13.5. The quantitative estimate of drug-likeness (QED) is 0.455. The Morgan fingerprint density at radius 2 is 2.06 bits per heavy atom. The summed E-state index contributed by atoms with van der Waals surface area (Å²) in [4.78, 5) is 1.31. The van der Waals surface area contributed by atoms with Gasteiger partial charge in [-0.05, 0) is 24.0 Å². The van der Waals surface area contributed by atoms with Crippen LogP contribution in [0.5, 0.6) is 0 Å². The summed E-state index contributed by atoms with van der Waals surface area (Å²) in [5, 5.41) is 3.40. The van der Waals surface area contributed by atoms with Crippen molar-refractivity contribution in [2.75, 3.05) is 24.3 Å². The fraction of sp³-hybridized carbons (Fsp3) is 0.385. The molecule has 1 rings (SSSR count). The number of benzene rings is 1. The lowest BCUT2D eigenvalue weighted by molar-refractivity contribution is 0.732. The summed E-state index contributed by atoms with van der Waals surface area (Å²) in [6, 6.07) is 8.67. The van der Waals surface area contributed by atoms with Gasteiger partial charge in [0, 0.05) is 23.7 Å². The van der Waals surface area contributed by atoms with E-state index in [1.54, 1.807) is 23.5 Å². The smallest absolute Gasteiger partial charge is 0.0545 e. The van der Waals surface area contributed by atoms with Gasteiger partial charge in [-0.1, -0.05) is 18.1 Å². The van der Waals surface area contributed by atoms with Crippen molar-refractivity contribution in [3.63, 3.8) is 0 Å². The van der Waals surface area contributed by atoms with E-state index in [1.807, 2.05) is 0 Å². The van der Waals surface area contributed by atoms with Crippen molar-refractivity contribution >= 4 is 23.5 Å². The molecule has 0 bridgehead atoms. The van der Waals surface area contributed by atoms with Crippen LogP contribution in [0.2, 0.25) is 0 Å². The summed E-state index contributed by atoms with van der Waals surface area (Å²) in [5.41, 5.74) is 1.33. The number of thioether (sulfide) groups is 2. The van der Waals surface area contributed by atoms with Crippen LogP contribution in [0.3, 0.4) is 0 Å². The summed E-state index contributed by atoms with van der Waals surface area (Å²) in [6.45, 7) is 1.95. The van der Waals surface area contributed by atoms with E-state index in [2.05, 4.69) is 41.8 Å². The van der Waals surface area contributed by atoms with Gasteiger partial charge in [-0.15, -0.1) is 29.9 Å². The molecule has 86 valence electrons. The molecule has 0 atom stereocenters. The van der Waals surface area contributed by atoms with Gasteiger partial charge >= 0.3 is 0 Å². The van der Waals surface area contributed by atoms with Gasteiger partial charge < -0.3 is 5.32 Å². The van der Waals surface area contributed by atoms with Gasteiger partial charge in [-0.3, -0.25) is 0 Å². The maximum absolute atomic E-state index is 5.17. The Balaban J connectivity index is 2.15. The monoisotopic (exact) mass is 251 g/mol. The fourth-order valence-electron chi connectivity index (χ4n) is 1.25. The fourth-order valence-corrected chi connectivity index (χ4v) is 2.21. The molecule has 0 spiro atoms. The van der Waals surface area contributed by atoms with E-state index in [0.29, 0.717) is 0 Å². The largest absolute Gasteiger partial charge is 0.312 e. The summed E-state index contributed by atoms with van der Waals surface area (Å²) in [7, 11) is 0. The SMILES string of the molecule is C#CCSCCNCc1ccc(SC)cc1. The molecule has 0 aromatic heterocycles. The topological polar surface area (TPSA) is 12.0 Å². The van der Waals surface area contributed by atoms with Crippen LogP contribution < -0.4 is 5.32 Å². The molecule has 0 amide bonds. The van der Waals surface area contributed by atoms with E-state index in [0.717, 1.165) is 24.6 Å². The molecule has 0 aliphatic heterocycles. The third kappa shape index (κ3) is 5.50. The molecule has 0 fully saturated rings. The molecule has 1 N–H and O–H groups in total. The first-order valence-electron chi connectivity index (χ1n) is 5.21. The molecule has 1 aromatic carbocycles. The van der Waals surface area contributed by atoms with Crippen molar-refractivity contribution in [2.45, 2.75) is 11.4 Å². The maximum atomic E-state index is 5.17. The summed E-state index contributed by atoms with van der Waals surface area (Å²) in [5.74, 6) is 4.51. The van der Waals surface area contributed by atoms with Crippen LogP contribution in [0.4, 0.5) is 0 Å². The standard InChI is InChI=1S/C13H17NS2/c1-3-9-16-10-8-14-11-12-4-6-13(15-2)7-5-12/h1,4-7,14H,8-11H2,2H3. The van der Waals surface area contributed by atoms with Gasteiger partial charge in [0.15, 0.2) is 0 Å². The molecule has 3 heteroatoms. The molecular formula is C13H17NS2. The highest BCUT2D eigenvalue weighted by atomic mass is 32.2. The lowest BCUT2D eigenvalue weighted by Crippen LogP contribution is -2.16. The van der Waals surface area contributed by atoms with E-state index < -0.39 is 0 Å². The lowest BCUT2D eigenvalue weighted by atomic mass is 10.2. The number of rotatable bonds is 7. The number of hydrogen-bond acceptors (Lipinski definition) is 3. The number of nitrogens with one attached hydrogen (secondary N) is 1. The molecule has 1 nitrogen and oxygen atoms in total. The highest BCUT2D eigenvalue weighted by Crippen LogP contribution is 2.14. The van der Waals surface area contributed by atoms with E-state index in [-0.39, 0.29) is 0 Å². The van der Waals surface area contributed by atoms with Crippen molar-refractivity contribution in [1.82, 2.24) is 5.32 Å². The first-order chi connectivity index (χ1) is 7.86. The minimum absolute atomic E-state index is 0.810. The van der Waals surface area contributed by atoms with Crippen molar-refractivity contribution in [1.29, 1.82) is 0 Å². The second-order valence-electron chi connectivity index (χ2n) is 3.28. The Bertz CT molecular complexity index is 327. The highest BCUT2D eigenvalue weighted by Gasteiger charge is 1.93. The number of terminal acetylenes is 1. The molecule has 0 saturated carbocycles. The molecule has 0 saturated heterocycles. The van der Waals surface area contributed by atoms with Gasteiger partial charge in [0.25, 0.3) is 0 Å². The van der Waals surface area contributed by atoms with E-state index in [9.17, 15) is 0 Å². The average molecular weight is 251 g/mol. The normalized spacial score (nSPS) is 10.0. The molecular weight excluding hydrogens is 234 g/mol. The molecule has 0 heterocycles. The third-order valence-electron chi connectivity index (χ3n) is 2.10. The Morgan fingerprint density at radius 3 is 2.69 bits per heavy atom. The van der Waals surface area contributed by atoms with Gasteiger partial charge in [-0.25, -0.2) is 0 Å². The van der Waals surface area contributed by atoms with Crippen molar-refractivity contribution in [3.05, 3.63) is 29.8 Å². The summed E-state index contributed by atoms with van der Waals surface area (Å²) < 4.78 is 0. The predicted octanol–water partition coefficient (Wildman–Crippen LogP) is 2.86. The van der Waals surface area contributed by atoms with Crippen LogP contribution in [0.1, 0.15) is 5.56 Å². The second kappa shape index (κ2) is 8.58. The Morgan fingerprint density at radius 1 is 1.31 bits per heavy atom. The second-order valence-corrected chi connectivity index (χ2v) is 5.27. The van der Waals surface area contributed by atoms with E-state index >= 15 is 0 Å². The third-order valence-corrected chi connectivity index (χ3v) is 3.70. The van der Waals surface area contributed by atoms with Crippen LogP contribution in [-0.2, 0) is 6.54 Å². The van der Waals surface area contributed by atoms with E-state index in [4.69, 9.17) is 6.42 Å². The van der Waals surface area contributed by atoms with Crippen LogP contribution in [0.25, 0.3) is 0 Å². The van der Waals surface area contributed by atoms with Crippen molar-refractivity contribution in [3.8, 4) is 12.3 Å². The molecule has 0 radical (unpaired) electrons. The Labute approximate surface area is 107 Å². The van der Waals surface area contributed by atoms with Gasteiger partial charge in [0.1, 0.15) is 0 Å². The van der Waals surface area contributed by atoms with Gasteiger partial charge in [-0.2, -0.15) is 0 Å². The van der Waals surface area contributed by atoms with Crippen molar-refractivity contribution < 1.29 is 0 Å². The minimum Gasteiger partial charge on any atom is -0.312 e. The zero-order chi connectivity index (χ0) is 11.6. The van der Waals surface area contributed by atoms with Crippen LogP contribution >= 0.6 is 23.5 Å². The van der Waals surface area contributed by atoms with Crippen LogP contribution in [0, 0.1) is 12.3 Å². The maximum Gasteiger partial charge on any atom is 0.0545 e. The Hall–Kier alpha value is -0.560. The van der Waals surface area contributed by atoms with Gasteiger partial charge in [0.2, 0.25) is 0 Å². The zero-order valence-corrected chi connectivity index (χ0v) is 11.2. The van der Waals surface area contributed by atoms with E-state index in [1.165, 1.54) is 10.5 Å². The molecule has 1 aromatic rings. The summed E-state index contributed by atoms with van der Waals surface area (Å²) >= 11 is 3.56. The minimum atomic E-state index is 0.810. The molecule has 0 unspecified atom stereocenters. The Kier molecular flexibility index (Phi) is 7.24. The van der Waals surface area contributed by atoms with Crippen LogP contribution in [-0.4, -0.2) is 24.3 Å². The van der Waals surface area contributed by atoms with Crippen molar-refractivity contribution in [2.24, 2.45) is 0 Å². The number of hydrogen-bond donors (Lipinski definition) is 1. The van der Waals surface area contributed by atoms with Crippen LogP contribution in [0.15, 0.2) is 29.2 Å². The lowest BCUT2D eigenvalue weighted by Gasteiger charge is -2.04. The zero-order valence-electron chi connectivity index (χ0n) is 9.53. The molecule has 0 aliphatic rings. The molecule has 16 heavy (non-hydrogen) atoms. The predicted molar refractivity (Wildman–Crippen MR) is 76.1 cm³/mol. The molecule has 0 aliphatic carbocycles. The van der Waals surface area contributed by atoms with Gasteiger partial charge in [0.05, 0.1) is 5.75 Å². The summed E-state index contributed by atoms with van der Waals surface area (Å²) in [6.07, 6.45) is 7.26. The average Bonchev–Trinajstić information content (AvgIpc) is 2.34. The first-order valence-corrected chi connectivity index (χ1v) is 7.59.